The maximum absolute atomic E-state index is 13.2. The van der Waals surface area contributed by atoms with Crippen LogP contribution < -0.4 is 5.32 Å². The number of hydrogen-bond donors (Lipinski definition) is 3. The first-order valence-electron chi connectivity index (χ1n) is 8.99. The zero-order chi connectivity index (χ0) is 20.7. The van der Waals surface area contributed by atoms with Gasteiger partial charge in [0.25, 0.3) is 0 Å². The van der Waals surface area contributed by atoms with E-state index in [0.29, 0.717) is 5.69 Å². The van der Waals surface area contributed by atoms with E-state index in [-0.39, 0.29) is 33.5 Å². The maximum Gasteiger partial charge on any atom is 0.307 e. The molecule has 0 saturated carbocycles. The molecule has 0 aliphatic heterocycles. The van der Waals surface area contributed by atoms with E-state index >= 15 is 0 Å². The summed E-state index contributed by atoms with van der Waals surface area (Å²) in [5, 5.41) is 23.0. The summed E-state index contributed by atoms with van der Waals surface area (Å²) in [5.41, 5.74) is 2.38. The monoisotopic (exact) mass is 387 g/mol. The molecule has 0 atom stereocenters. The molecule has 144 valence electrons. The second-order valence-corrected chi connectivity index (χ2v) is 6.95. The lowest BCUT2D eigenvalue weighted by molar-refractivity contribution is -0.136. The summed E-state index contributed by atoms with van der Waals surface area (Å²) in [6, 6.07) is 15.2. The molecular formula is C23H17NO5. The molecule has 0 unspecified atom stereocenters. The number of ketones is 2. The van der Waals surface area contributed by atoms with Crippen LogP contribution in [0.5, 0.6) is 5.75 Å². The number of anilines is 2. The second kappa shape index (κ2) is 6.91. The van der Waals surface area contributed by atoms with E-state index in [0.717, 1.165) is 5.56 Å². The van der Waals surface area contributed by atoms with E-state index in [1.54, 1.807) is 18.2 Å². The van der Waals surface area contributed by atoms with Crippen LogP contribution in [0.4, 0.5) is 11.4 Å². The molecule has 6 heteroatoms. The predicted octanol–water partition coefficient (Wildman–Crippen LogP) is 3.85. The van der Waals surface area contributed by atoms with Gasteiger partial charge in [-0.3, -0.25) is 14.4 Å². The Morgan fingerprint density at radius 3 is 2.10 bits per heavy atom. The minimum Gasteiger partial charge on any atom is -0.507 e. The number of carbonyl (C=O) groups excluding carboxylic acids is 2. The molecule has 4 rings (SSSR count). The van der Waals surface area contributed by atoms with Crippen molar-refractivity contribution in [3.05, 3.63) is 88.0 Å². The lowest BCUT2D eigenvalue weighted by atomic mass is 9.81. The van der Waals surface area contributed by atoms with Crippen LogP contribution in [0.1, 0.15) is 43.0 Å². The fraction of sp³-hybridized carbons (Fsp3) is 0.0870. The number of nitrogens with one attached hydrogen (secondary N) is 1. The highest BCUT2D eigenvalue weighted by Gasteiger charge is 2.35. The maximum atomic E-state index is 13.2. The predicted molar refractivity (Wildman–Crippen MR) is 107 cm³/mol. The average Bonchev–Trinajstić information content (AvgIpc) is 2.69. The fourth-order valence-corrected chi connectivity index (χ4v) is 3.52. The summed E-state index contributed by atoms with van der Waals surface area (Å²) in [6.45, 7) is 1.94. The highest BCUT2D eigenvalue weighted by atomic mass is 16.4. The van der Waals surface area contributed by atoms with Gasteiger partial charge in [0, 0.05) is 22.4 Å². The van der Waals surface area contributed by atoms with Crippen molar-refractivity contribution in [1.29, 1.82) is 0 Å². The van der Waals surface area contributed by atoms with Gasteiger partial charge < -0.3 is 15.5 Å². The van der Waals surface area contributed by atoms with Crippen LogP contribution in [0.25, 0.3) is 0 Å². The molecule has 3 aromatic carbocycles. The minimum absolute atomic E-state index is 0.0425. The van der Waals surface area contributed by atoms with Crippen LogP contribution in [-0.4, -0.2) is 27.7 Å². The Hall–Kier alpha value is -3.93. The normalized spacial score (nSPS) is 12.3. The minimum atomic E-state index is -1.16. The molecule has 1 aliphatic rings. The first-order valence-corrected chi connectivity index (χ1v) is 8.99. The van der Waals surface area contributed by atoms with Crippen LogP contribution in [-0.2, 0) is 11.2 Å². The number of rotatable bonds is 4. The van der Waals surface area contributed by atoms with Crippen molar-refractivity contribution in [3.63, 3.8) is 0 Å². The zero-order valence-corrected chi connectivity index (χ0v) is 15.5. The number of fused-ring (bicyclic) bond motifs is 2. The number of carboxylic acid groups (broad SMARTS) is 1. The van der Waals surface area contributed by atoms with Crippen LogP contribution in [0.15, 0.2) is 54.6 Å². The van der Waals surface area contributed by atoms with Gasteiger partial charge in [-0.2, -0.15) is 0 Å². The highest BCUT2D eigenvalue weighted by molar-refractivity contribution is 6.31. The summed E-state index contributed by atoms with van der Waals surface area (Å²) in [4.78, 5) is 37.5. The quantitative estimate of drug-likeness (QED) is 0.460. The topological polar surface area (TPSA) is 104 Å². The number of benzene rings is 3. The zero-order valence-electron chi connectivity index (χ0n) is 15.5. The van der Waals surface area contributed by atoms with E-state index in [2.05, 4.69) is 5.32 Å². The summed E-state index contributed by atoms with van der Waals surface area (Å²) in [6.07, 6.45) is -0.481. The largest absolute Gasteiger partial charge is 0.507 e. The molecule has 1 aliphatic carbocycles. The Morgan fingerprint density at radius 2 is 1.52 bits per heavy atom. The highest BCUT2D eigenvalue weighted by Crippen LogP contribution is 2.40. The molecule has 3 N–H and O–H groups in total. The SMILES string of the molecule is Cc1ccc(Nc2cc(CC(=O)O)c(O)c3c2C(=O)c2ccccc2C3=O)cc1. The molecule has 0 saturated heterocycles. The van der Waals surface area contributed by atoms with Gasteiger partial charge >= 0.3 is 5.97 Å². The van der Waals surface area contributed by atoms with Crippen LogP contribution in [0.2, 0.25) is 0 Å². The van der Waals surface area contributed by atoms with Crippen LogP contribution in [0, 0.1) is 6.92 Å². The molecule has 0 aromatic heterocycles. The molecule has 0 bridgehead atoms. The van der Waals surface area contributed by atoms with Gasteiger partial charge in [-0.1, -0.05) is 42.0 Å². The Labute approximate surface area is 166 Å². The molecule has 0 amide bonds. The summed E-state index contributed by atoms with van der Waals surface area (Å²) < 4.78 is 0. The third-order valence-electron chi connectivity index (χ3n) is 4.92. The van der Waals surface area contributed by atoms with E-state index in [4.69, 9.17) is 0 Å². The van der Waals surface area contributed by atoms with Crippen molar-refractivity contribution in [2.45, 2.75) is 13.3 Å². The third-order valence-corrected chi connectivity index (χ3v) is 4.92. The number of carbonyl (C=O) groups is 3. The van der Waals surface area contributed by atoms with Crippen molar-refractivity contribution in [2.24, 2.45) is 0 Å². The van der Waals surface area contributed by atoms with Gasteiger partial charge in [-0.25, -0.2) is 0 Å². The number of phenolic OH excluding ortho intramolecular Hbond substituents is 1. The number of phenols is 1. The molecular weight excluding hydrogens is 370 g/mol. The van der Waals surface area contributed by atoms with Crippen LogP contribution >= 0.6 is 0 Å². The van der Waals surface area contributed by atoms with Crippen molar-refractivity contribution in [3.8, 4) is 5.75 Å². The van der Waals surface area contributed by atoms with Crippen molar-refractivity contribution >= 4 is 28.9 Å². The summed E-state index contributed by atoms with van der Waals surface area (Å²) in [7, 11) is 0. The number of aromatic hydroxyl groups is 1. The number of hydrogen-bond acceptors (Lipinski definition) is 5. The van der Waals surface area contributed by atoms with Crippen molar-refractivity contribution < 1.29 is 24.6 Å². The Bertz CT molecular complexity index is 1180. The van der Waals surface area contributed by atoms with Gasteiger partial charge in [-0.05, 0) is 25.1 Å². The molecule has 0 radical (unpaired) electrons. The van der Waals surface area contributed by atoms with Gasteiger partial charge in [0.15, 0.2) is 11.6 Å². The molecule has 0 spiro atoms. The van der Waals surface area contributed by atoms with E-state index in [1.165, 1.54) is 12.1 Å². The molecule has 6 nitrogen and oxygen atoms in total. The molecule has 0 fully saturated rings. The van der Waals surface area contributed by atoms with Gasteiger partial charge in [0.1, 0.15) is 5.75 Å². The third kappa shape index (κ3) is 3.14. The summed E-state index contributed by atoms with van der Waals surface area (Å²) >= 11 is 0. The van der Waals surface area contributed by atoms with Gasteiger partial charge in [0.2, 0.25) is 0 Å². The lowest BCUT2D eigenvalue weighted by Crippen LogP contribution is -2.23. The smallest absolute Gasteiger partial charge is 0.307 e. The molecule has 3 aromatic rings. The van der Waals surface area contributed by atoms with Gasteiger partial charge in [-0.15, -0.1) is 0 Å². The van der Waals surface area contributed by atoms with E-state index in [9.17, 15) is 24.6 Å². The van der Waals surface area contributed by atoms with E-state index < -0.39 is 29.7 Å². The van der Waals surface area contributed by atoms with Crippen molar-refractivity contribution in [2.75, 3.05) is 5.32 Å². The first-order chi connectivity index (χ1) is 13.9. The standard InChI is InChI=1S/C23H17NO5/c1-12-6-8-14(9-7-12)24-17-10-13(11-18(25)26)21(27)20-19(17)22(28)15-4-2-3-5-16(15)23(20)29/h2-10,24,27H,11H2,1H3,(H,25,26). The molecule has 29 heavy (non-hydrogen) atoms. The summed E-state index contributed by atoms with van der Waals surface area (Å²) in [5.74, 6) is -2.53. The number of aliphatic carboxylic acids is 1. The van der Waals surface area contributed by atoms with Crippen LogP contribution in [0.3, 0.4) is 0 Å². The lowest BCUT2D eigenvalue weighted by Gasteiger charge is -2.23. The first kappa shape index (κ1) is 18.4. The van der Waals surface area contributed by atoms with E-state index in [1.807, 2.05) is 31.2 Å². The van der Waals surface area contributed by atoms with Gasteiger partial charge in [0.05, 0.1) is 23.2 Å². The Balaban J connectivity index is 1.95. The number of carboxylic acids is 1. The fourth-order valence-electron chi connectivity index (χ4n) is 3.52. The second-order valence-electron chi connectivity index (χ2n) is 6.95. The average molecular weight is 387 g/mol. The number of aryl methyl sites for hydroxylation is 1. The van der Waals surface area contributed by atoms with Crippen molar-refractivity contribution in [1.82, 2.24) is 0 Å². The Morgan fingerprint density at radius 1 is 0.931 bits per heavy atom. The molecule has 0 heterocycles. The Kier molecular flexibility index (Phi) is 4.39.